The van der Waals surface area contributed by atoms with Crippen LogP contribution in [0.15, 0.2) is 41.1 Å². The van der Waals surface area contributed by atoms with Crippen molar-refractivity contribution in [2.75, 3.05) is 5.32 Å². The molecule has 0 aliphatic heterocycles. The van der Waals surface area contributed by atoms with Gasteiger partial charge in [-0.05, 0) is 40.0 Å². The van der Waals surface area contributed by atoms with Crippen molar-refractivity contribution in [2.24, 2.45) is 0 Å². The molecule has 0 aliphatic rings. The zero-order valence-corrected chi connectivity index (χ0v) is 11.9. The second-order valence-corrected chi connectivity index (χ2v) is 4.98. The van der Waals surface area contributed by atoms with Crippen molar-refractivity contribution in [1.29, 1.82) is 0 Å². The van der Waals surface area contributed by atoms with Crippen LogP contribution in [0.4, 0.5) is 14.5 Å². The fourth-order valence-corrected chi connectivity index (χ4v) is 1.86. The summed E-state index contributed by atoms with van der Waals surface area (Å²) in [6.45, 7) is 2.53. The lowest BCUT2D eigenvalue weighted by Crippen LogP contribution is -2.00. The van der Waals surface area contributed by atoms with E-state index in [9.17, 15) is 8.78 Å². The number of halogens is 3. The van der Waals surface area contributed by atoms with Crippen LogP contribution in [0.1, 0.15) is 23.1 Å². The zero-order chi connectivity index (χ0) is 13.8. The van der Waals surface area contributed by atoms with Gasteiger partial charge in [0.05, 0.1) is 11.9 Å². The Labute approximate surface area is 119 Å². The van der Waals surface area contributed by atoms with Crippen LogP contribution >= 0.6 is 15.9 Å². The number of alkyl halides is 2. The third-order valence-corrected chi connectivity index (χ3v) is 3.57. The highest BCUT2D eigenvalue weighted by atomic mass is 79.9. The summed E-state index contributed by atoms with van der Waals surface area (Å²) in [7, 11) is 0. The van der Waals surface area contributed by atoms with E-state index >= 15 is 0 Å². The van der Waals surface area contributed by atoms with E-state index in [-0.39, 0.29) is 5.56 Å². The summed E-state index contributed by atoms with van der Waals surface area (Å²) in [6.07, 6.45) is -0.690. The van der Waals surface area contributed by atoms with E-state index in [1.54, 1.807) is 18.3 Å². The van der Waals surface area contributed by atoms with Crippen molar-refractivity contribution < 1.29 is 8.78 Å². The molecule has 1 aromatic carbocycles. The van der Waals surface area contributed by atoms with E-state index in [0.717, 1.165) is 21.4 Å². The van der Waals surface area contributed by atoms with Gasteiger partial charge in [-0.15, -0.1) is 0 Å². The molecule has 19 heavy (non-hydrogen) atoms. The first-order chi connectivity index (χ1) is 9.06. The Kier molecular flexibility index (Phi) is 4.47. The lowest BCUT2D eigenvalue weighted by molar-refractivity contribution is 0.151. The highest BCUT2D eigenvalue weighted by molar-refractivity contribution is 9.10. The maximum absolute atomic E-state index is 12.4. The Bertz CT molecular complexity index is 556. The van der Waals surface area contributed by atoms with Crippen LogP contribution in [-0.2, 0) is 6.54 Å². The van der Waals surface area contributed by atoms with Gasteiger partial charge in [-0.1, -0.05) is 24.3 Å². The quantitative estimate of drug-likeness (QED) is 0.823. The first-order valence-corrected chi connectivity index (χ1v) is 6.58. The summed E-state index contributed by atoms with van der Waals surface area (Å²) >= 11 is 3.34. The van der Waals surface area contributed by atoms with Crippen LogP contribution in [0.2, 0.25) is 0 Å². The molecule has 2 nitrogen and oxygen atoms in total. The third-order valence-electron chi connectivity index (χ3n) is 2.74. The Morgan fingerprint density at radius 1 is 1.26 bits per heavy atom. The van der Waals surface area contributed by atoms with Gasteiger partial charge in [0.25, 0.3) is 6.43 Å². The first-order valence-electron chi connectivity index (χ1n) is 5.79. The van der Waals surface area contributed by atoms with Crippen LogP contribution in [-0.4, -0.2) is 4.98 Å². The fourth-order valence-electron chi connectivity index (χ4n) is 1.64. The summed E-state index contributed by atoms with van der Waals surface area (Å²) < 4.78 is 25.6. The van der Waals surface area contributed by atoms with E-state index < -0.39 is 6.43 Å². The van der Waals surface area contributed by atoms with E-state index in [1.165, 1.54) is 12.1 Å². The second-order valence-electron chi connectivity index (χ2n) is 4.23. The van der Waals surface area contributed by atoms with Crippen molar-refractivity contribution in [3.05, 3.63) is 57.8 Å². The second kappa shape index (κ2) is 6.10. The average Bonchev–Trinajstić information content (AvgIpc) is 2.40. The number of hydrogen-bond donors (Lipinski definition) is 1. The molecule has 0 aliphatic carbocycles. The molecule has 0 radical (unpaired) electrons. The number of aryl methyl sites for hydroxylation is 1. The number of anilines is 1. The number of hydrogen-bond acceptors (Lipinski definition) is 2. The molecule has 2 rings (SSSR count). The molecule has 100 valence electrons. The third kappa shape index (κ3) is 3.73. The number of aromatic nitrogens is 1. The van der Waals surface area contributed by atoms with Crippen LogP contribution in [0.25, 0.3) is 0 Å². The SMILES string of the molecule is Cc1cc(NCc2ccc(C(F)F)cc2)cnc1Br. The number of nitrogens with one attached hydrogen (secondary N) is 1. The fraction of sp³-hybridized carbons (Fsp3) is 0.214. The molecule has 0 saturated carbocycles. The van der Waals surface area contributed by atoms with Crippen molar-refractivity contribution in [2.45, 2.75) is 19.9 Å². The highest BCUT2D eigenvalue weighted by Gasteiger charge is 2.05. The predicted octanol–water partition coefficient (Wildman–Crippen LogP) is 4.70. The van der Waals surface area contributed by atoms with Gasteiger partial charge in [0.1, 0.15) is 4.60 Å². The smallest absolute Gasteiger partial charge is 0.263 e. The normalized spacial score (nSPS) is 10.8. The minimum atomic E-state index is -2.42. The molecule has 1 heterocycles. The highest BCUT2D eigenvalue weighted by Crippen LogP contribution is 2.20. The standard InChI is InChI=1S/C14H13BrF2N2/c1-9-6-12(8-19-13(9)15)18-7-10-2-4-11(5-3-10)14(16)17/h2-6,8,14,18H,7H2,1H3. The molecule has 1 N–H and O–H groups in total. The lowest BCUT2D eigenvalue weighted by Gasteiger charge is -2.08. The molecule has 0 fully saturated rings. The van der Waals surface area contributed by atoms with Gasteiger partial charge in [-0.3, -0.25) is 0 Å². The van der Waals surface area contributed by atoms with E-state index in [1.807, 2.05) is 13.0 Å². The Morgan fingerprint density at radius 2 is 1.95 bits per heavy atom. The maximum Gasteiger partial charge on any atom is 0.263 e. The van der Waals surface area contributed by atoms with Gasteiger partial charge in [-0.2, -0.15) is 0 Å². The van der Waals surface area contributed by atoms with Gasteiger partial charge in [0, 0.05) is 12.1 Å². The van der Waals surface area contributed by atoms with Crippen molar-refractivity contribution in [1.82, 2.24) is 4.98 Å². The topological polar surface area (TPSA) is 24.9 Å². The van der Waals surface area contributed by atoms with Crippen molar-refractivity contribution in [3.63, 3.8) is 0 Å². The summed E-state index contributed by atoms with van der Waals surface area (Å²) in [5.74, 6) is 0. The molecule has 5 heteroatoms. The van der Waals surface area contributed by atoms with Crippen LogP contribution in [0.3, 0.4) is 0 Å². The number of nitrogens with zero attached hydrogens (tertiary/aromatic N) is 1. The van der Waals surface area contributed by atoms with Crippen LogP contribution in [0, 0.1) is 6.92 Å². The molecule has 2 aromatic rings. The average molecular weight is 327 g/mol. The minimum Gasteiger partial charge on any atom is -0.380 e. The van der Waals surface area contributed by atoms with Crippen LogP contribution in [0.5, 0.6) is 0 Å². The number of pyridine rings is 1. The largest absolute Gasteiger partial charge is 0.380 e. The molecule has 0 saturated heterocycles. The van der Waals surface area contributed by atoms with Gasteiger partial charge in [0.2, 0.25) is 0 Å². The zero-order valence-electron chi connectivity index (χ0n) is 10.3. The van der Waals surface area contributed by atoms with Gasteiger partial charge >= 0.3 is 0 Å². The maximum atomic E-state index is 12.4. The van der Waals surface area contributed by atoms with Gasteiger partial charge in [-0.25, -0.2) is 13.8 Å². The Hall–Kier alpha value is -1.49. The molecular weight excluding hydrogens is 314 g/mol. The summed E-state index contributed by atoms with van der Waals surface area (Å²) in [4.78, 5) is 4.18. The first kappa shape index (κ1) is 13.9. The minimum absolute atomic E-state index is 0.0462. The summed E-state index contributed by atoms with van der Waals surface area (Å²) in [5.41, 5.74) is 2.94. The molecule has 0 bridgehead atoms. The van der Waals surface area contributed by atoms with Crippen molar-refractivity contribution >= 4 is 21.6 Å². The Balaban J connectivity index is 2.00. The van der Waals surface area contributed by atoms with E-state index in [2.05, 4.69) is 26.2 Å². The molecule has 0 unspecified atom stereocenters. The predicted molar refractivity (Wildman–Crippen MR) is 75.4 cm³/mol. The molecule has 0 atom stereocenters. The van der Waals surface area contributed by atoms with Gasteiger partial charge < -0.3 is 5.32 Å². The monoisotopic (exact) mass is 326 g/mol. The van der Waals surface area contributed by atoms with Gasteiger partial charge in [0.15, 0.2) is 0 Å². The van der Waals surface area contributed by atoms with Crippen LogP contribution < -0.4 is 5.32 Å². The van der Waals surface area contributed by atoms with E-state index in [0.29, 0.717) is 6.54 Å². The Morgan fingerprint density at radius 3 is 2.53 bits per heavy atom. The summed E-state index contributed by atoms with van der Waals surface area (Å²) in [5, 5.41) is 3.21. The number of benzene rings is 1. The van der Waals surface area contributed by atoms with E-state index in [4.69, 9.17) is 0 Å². The van der Waals surface area contributed by atoms with Crippen molar-refractivity contribution in [3.8, 4) is 0 Å². The number of rotatable bonds is 4. The molecule has 0 amide bonds. The molecular formula is C14H13BrF2N2. The summed E-state index contributed by atoms with van der Waals surface area (Å²) in [6, 6.07) is 8.28. The molecule has 0 spiro atoms. The lowest BCUT2D eigenvalue weighted by atomic mass is 10.1. The molecule has 1 aromatic heterocycles.